The molecule has 0 atom stereocenters. The largest absolute Gasteiger partial charge is 0.480 e. The minimum Gasteiger partial charge on any atom is -0.480 e. The lowest BCUT2D eigenvalue weighted by Crippen LogP contribution is -2.22. The van der Waals surface area contributed by atoms with Gasteiger partial charge in [-0.15, -0.1) is 0 Å². The highest BCUT2D eigenvalue weighted by Crippen LogP contribution is 2.23. The van der Waals surface area contributed by atoms with Crippen molar-refractivity contribution in [2.24, 2.45) is 0 Å². The maximum Gasteiger partial charge on any atom is 0.320 e. The molecule has 16 heavy (non-hydrogen) atoms. The summed E-state index contributed by atoms with van der Waals surface area (Å²) < 4.78 is 24.6. The van der Waals surface area contributed by atoms with Crippen molar-refractivity contribution in [1.82, 2.24) is 0 Å². The van der Waals surface area contributed by atoms with Crippen LogP contribution >= 0.6 is 23.2 Å². The topological polar surface area (TPSA) is 83.5 Å². The Labute approximate surface area is 102 Å². The minimum atomic E-state index is -3.93. The quantitative estimate of drug-likeness (QED) is 0.883. The molecule has 0 spiro atoms. The van der Waals surface area contributed by atoms with Gasteiger partial charge in [0.2, 0.25) is 10.0 Å². The number of carboxylic acid groups (broad SMARTS) is 1. The molecule has 0 aromatic heterocycles. The van der Waals surface area contributed by atoms with E-state index < -0.39 is 21.7 Å². The third kappa shape index (κ3) is 4.26. The zero-order valence-corrected chi connectivity index (χ0v) is 10.1. The van der Waals surface area contributed by atoms with Gasteiger partial charge < -0.3 is 5.11 Å². The highest BCUT2D eigenvalue weighted by atomic mass is 35.5. The second-order valence-corrected chi connectivity index (χ2v) is 5.51. The molecular weight excluding hydrogens is 277 g/mol. The lowest BCUT2D eigenvalue weighted by Gasteiger charge is -2.06. The van der Waals surface area contributed by atoms with Gasteiger partial charge in [-0.2, -0.15) is 0 Å². The second-order valence-electron chi connectivity index (χ2n) is 2.91. The van der Waals surface area contributed by atoms with Crippen LogP contribution in [-0.4, -0.2) is 25.2 Å². The van der Waals surface area contributed by atoms with Gasteiger partial charge in [0.05, 0.1) is 5.69 Å². The predicted octanol–water partition coefficient (Wildman–Crippen LogP) is 1.82. The van der Waals surface area contributed by atoms with E-state index in [1.165, 1.54) is 18.2 Å². The molecule has 0 heterocycles. The molecule has 1 rings (SSSR count). The van der Waals surface area contributed by atoms with Crippen molar-refractivity contribution in [2.75, 3.05) is 10.5 Å². The first-order valence-electron chi connectivity index (χ1n) is 3.97. The molecule has 0 fully saturated rings. The normalized spacial score (nSPS) is 11.1. The average Bonchev–Trinajstić information content (AvgIpc) is 1.95. The number of nitrogens with one attached hydrogen (secondary N) is 1. The smallest absolute Gasteiger partial charge is 0.320 e. The number of hydrogen-bond acceptors (Lipinski definition) is 3. The summed E-state index contributed by atoms with van der Waals surface area (Å²) >= 11 is 11.3. The summed E-state index contributed by atoms with van der Waals surface area (Å²) in [6, 6.07) is 4.08. The van der Waals surface area contributed by atoms with E-state index in [0.29, 0.717) is 0 Å². The van der Waals surface area contributed by atoms with Crippen molar-refractivity contribution < 1.29 is 18.3 Å². The molecule has 0 saturated carbocycles. The van der Waals surface area contributed by atoms with Crippen LogP contribution in [0.5, 0.6) is 0 Å². The molecule has 1 aromatic rings. The molecule has 8 heteroatoms. The Morgan fingerprint density at radius 2 is 1.75 bits per heavy atom. The number of carboxylic acids is 1. The first kappa shape index (κ1) is 13.1. The van der Waals surface area contributed by atoms with Gasteiger partial charge in [0, 0.05) is 10.0 Å². The van der Waals surface area contributed by atoms with Gasteiger partial charge in [-0.1, -0.05) is 23.2 Å². The molecule has 5 nitrogen and oxygen atoms in total. The summed E-state index contributed by atoms with van der Waals surface area (Å²) in [5, 5.41) is 8.87. The number of sulfonamides is 1. The maximum atomic E-state index is 11.3. The van der Waals surface area contributed by atoms with E-state index in [9.17, 15) is 13.2 Å². The lowest BCUT2D eigenvalue weighted by atomic mass is 10.3. The van der Waals surface area contributed by atoms with Crippen LogP contribution in [0.2, 0.25) is 10.0 Å². The van der Waals surface area contributed by atoms with Crippen LogP contribution < -0.4 is 4.72 Å². The molecule has 0 bridgehead atoms. The standard InChI is InChI=1S/C8H7Cl2NO4S/c9-5-1-6(10)3-7(2-5)11-16(14,15)4-8(12)13/h1-3,11H,4H2,(H,12,13). The molecule has 2 N–H and O–H groups in total. The third-order valence-electron chi connectivity index (χ3n) is 1.45. The van der Waals surface area contributed by atoms with Gasteiger partial charge in [0.25, 0.3) is 0 Å². The first-order valence-corrected chi connectivity index (χ1v) is 6.38. The molecular formula is C8H7Cl2NO4S. The summed E-state index contributed by atoms with van der Waals surface area (Å²) in [6.07, 6.45) is 0. The van der Waals surface area contributed by atoms with Crippen molar-refractivity contribution in [3.63, 3.8) is 0 Å². The molecule has 0 aliphatic rings. The Morgan fingerprint density at radius 1 is 1.25 bits per heavy atom. The van der Waals surface area contributed by atoms with Crippen LogP contribution in [0.1, 0.15) is 0 Å². The van der Waals surface area contributed by atoms with Gasteiger partial charge in [0.1, 0.15) is 0 Å². The molecule has 0 aliphatic carbocycles. The van der Waals surface area contributed by atoms with Crippen LogP contribution in [0.15, 0.2) is 18.2 Å². The number of hydrogen-bond donors (Lipinski definition) is 2. The van der Waals surface area contributed by atoms with E-state index in [-0.39, 0.29) is 15.7 Å². The van der Waals surface area contributed by atoms with E-state index in [1.807, 2.05) is 0 Å². The number of aliphatic carboxylic acids is 1. The third-order valence-corrected chi connectivity index (χ3v) is 3.06. The fraction of sp³-hybridized carbons (Fsp3) is 0.125. The number of carbonyl (C=O) groups is 1. The zero-order valence-electron chi connectivity index (χ0n) is 7.78. The Morgan fingerprint density at radius 3 is 2.19 bits per heavy atom. The molecule has 1 aromatic carbocycles. The minimum absolute atomic E-state index is 0.124. The van der Waals surface area contributed by atoms with E-state index in [4.69, 9.17) is 28.3 Å². The fourth-order valence-electron chi connectivity index (χ4n) is 0.991. The molecule has 0 aliphatic heterocycles. The fourth-order valence-corrected chi connectivity index (χ4v) is 2.39. The average molecular weight is 284 g/mol. The highest BCUT2D eigenvalue weighted by molar-refractivity contribution is 7.93. The number of rotatable bonds is 4. The van der Waals surface area contributed by atoms with Crippen LogP contribution in [-0.2, 0) is 14.8 Å². The van der Waals surface area contributed by atoms with Crippen molar-refractivity contribution in [1.29, 1.82) is 0 Å². The van der Waals surface area contributed by atoms with Gasteiger partial charge in [-0.3, -0.25) is 9.52 Å². The molecule has 88 valence electrons. The SMILES string of the molecule is O=C(O)CS(=O)(=O)Nc1cc(Cl)cc(Cl)c1. The monoisotopic (exact) mass is 283 g/mol. The second kappa shape index (κ2) is 4.90. The molecule has 0 unspecified atom stereocenters. The van der Waals surface area contributed by atoms with Crippen molar-refractivity contribution in [2.45, 2.75) is 0 Å². The molecule has 0 saturated heterocycles. The predicted molar refractivity (Wildman–Crippen MR) is 61.5 cm³/mol. The van der Waals surface area contributed by atoms with Crippen LogP contribution in [0.3, 0.4) is 0 Å². The summed E-state index contributed by atoms with van der Waals surface area (Å²) in [5.41, 5.74) is 0.124. The van der Waals surface area contributed by atoms with Crippen molar-refractivity contribution in [3.8, 4) is 0 Å². The van der Waals surface area contributed by atoms with Gasteiger partial charge >= 0.3 is 5.97 Å². The van der Waals surface area contributed by atoms with Gasteiger partial charge in [-0.25, -0.2) is 8.42 Å². The Bertz CT molecular complexity index is 495. The lowest BCUT2D eigenvalue weighted by molar-refractivity contribution is -0.134. The van der Waals surface area contributed by atoms with E-state index in [0.717, 1.165) is 0 Å². The first-order chi connectivity index (χ1) is 7.28. The molecule has 0 amide bonds. The van der Waals surface area contributed by atoms with E-state index in [1.54, 1.807) is 0 Å². The summed E-state index contributed by atoms with van der Waals surface area (Å²) in [7, 11) is -3.93. The van der Waals surface area contributed by atoms with Crippen molar-refractivity contribution >= 4 is 44.9 Å². The van der Waals surface area contributed by atoms with E-state index >= 15 is 0 Å². The van der Waals surface area contributed by atoms with Gasteiger partial charge in [0.15, 0.2) is 5.75 Å². The zero-order chi connectivity index (χ0) is 12.3. The van der Waals surface area contributed by atoms with Gasteiger partial charge in [-0.05, 0) is 18.2 Å². The number of halogens is 2. The Balaban J connectivity index is 2.92. The summed E-state index contributed by atoms with van der Waals surface area (Å²) in [5.74, 6) is -2.46. The van der Waals surface area contributed by atoms with Crippen LogP contribution in [0.4, 0.5) is 5.69 Å². The molecule has 0 radical (unpaired) electrons. The maximum absolute atomic E-state index is 11.3. The Hall–Kier alpha value is -0.980. The van der Waals surface area contributed by atoms with E-state index in [2.05, 4.69) is 4.72 Å². The number of anilines is 1. The van der Waals surface area contributed by atoms with Crippen LogP contribution in [0, 0.1) is 0 Å². The van der Waals surface area contributed by atoms with Crippen LogP contribution in [0.25, 0.3) is 0 Å². The van der Waals surface area contributed by atoms with Crippen molar-refractivity contribution in [3.05, 3.63) is 28.2 Å². The summed E-state index contributed by atoms with van der Waals surface area (Å²) in [6.45, 7) is 0. The Kier molecular flexibility index (Phi) is 4.01. The summed E-state index contributed by atoms with van der Waals surface area (Å²) in [4.78, 5) is 10.3. The number of benzene rings is 1. The highest BCUT2D eigenvalue weighted by Gasteiger charge is 2.15.